The third-order valence-corrected chi connectivity index (χ3v) is 2.81. The molecule has 3 unspecified atom stereocenters. The Morgan fingerprint density at radius 3 is 3.17 bits per heavy atom. The monoisotopic (exact) mass is 168 g/mol. The molecule has 0 N–H and O–H groups in total. The molecule has 0 saturated carbocycles. The van der Waals surface area contributed by atoms with Gasteiger partial charge in [-0.15, -0.1) is 0 Å². The second-order valence-electron chi connectivity index (χ2n) is 3.67. The van der Waals surface area contributed by atoms with Gasteiger partial charge < -0.3 is 4.84 Å². The molecule has 3 heteroatoms. The maximum absolute atomic E-state index is 5.39. The van der Waals surface area contributed by atoms with Crippen LogP contribution >= 0.6 is 0 Å². The van der Waals surface area contributed by atoms with Crippen LogP contribution in [-0.2, 0) is 4.84 Å². The first kappa shape index (κ1) is 8.05. The number of rotatable bonds is 2. The normalized spacial score (nSPS) is 40.6. The van der Waals surface area contributed by atoms with Gasteiger partial charge >= 0.3 is 0 Å². The molecule has 0 aromatic heterocycles. The zero-order chi connectivity index (χ0) is 8.39. The van der Waals surface area contributed by atoms with Crippen molar-refractivity contribution >= 4 is 6.21 Å². The first-order chi connectivity index (χ1) is 5.90. The van der Waals surface area contributed by atoms with Gasteiger partial charge in [0, 0.05) is 25.2 Å². The highest BCUT2D eigenvalue weighted by atomic mass is 16.6. The average Bonchev–Trinajstić information content (AvgIpc) is 2.38. The zero-order valence-corrected chi connectivity index (χ0v) is 7.57. The fourth-order valence-electron chi connectivity index (χ4n) is 2.22. The standard InChI is InChI=1S/C9H16N2O/c1-2-10-12-9-7-11-5-3-4-8(9)6-11/h2,8-9H,3-7H2,1H3. The van der Waals surface area contributed by atoms with E-state index in [1.165, 1.54) is 25.9 Å². The Morgan fingerprint density at radius 1 is 1.50 bits per heavy atom. The van der Waals surface area contributed by atoms with E-state index in [1.807, 2.05) is 6.92 Å². The number of piperidine rings is 1. The molecule has 0 aromatic rings. The summed E-state index contributed by atoms with van der Waals surface area (Å²) in [6.45, 7) is 5.46. The van der Waals surface area contributed by atoms with E-state index in [-0.39, 0.29) is 0 Å². The molecule has 68 valence electrons. The Bertz CT molecular complexity index is 181. The molecule has 3 nitrogen and oxygen atoms in total. The maximum atomic E-state index is 5.39. The summed E-state index contributed by atoms with van der Waals surface area (Å²) in [6.07, 6.45) is 4.74. The summed E-state index contributed by atoms with van der Waals surface area (Å²) in [4.78, 5) is 7.87. The fourth-order valence-corrected chi connectivity index (χ4v) is 2.22. The molecule has 12 heavy (non-hydrogen) atoms. The molecule has 0 aromatic carbocycles. The predicted molar refractivity (Wildman–Crippen MR) is 48.2 cm³/mol. The first-order valence-corrected chi connectivity index (χ1v) is 4.76. The van der Waals surface area contributed by atoms with E-state index in [1.54, 1.807) is 6.21 Å². The lowest BCUT2D eigenvalue weighted by molar-refractivity contribution is 0.0418. The van der Waals surface area contributed by atoms with Gasteiger partial charge in [0.2, 0.25) is 0 Å². The second-order valence-corrected chi connectivity index (χ2v) is 3.67. The molecule has 2 heterocycles. The SMILES string of the molecule is CC=NOC1CN2CCCC1C2. The van der Waals surface area contributed by atoms with Crippen LogP contribution in [0.3, 0.4) is 0 Å². The summed E-state index contributed by atoms with van der Waals surface area (Å²) in [5.41, 5.74) is 0. The van der Waals surface area contributed by atoms with E-state index in [4.69, 9.17) is 4.84 Å². The Balaban J connectivity index is 1.91. The Kier molecular flexibility index (Phi) is 2.30. The maximum Gasteiger partial charge on any atom is 0.144 e. The van der Waals surface area contributed by atoms with Crippen LogP contribution < -0.4 is 0 Å². The quantitative estimate of drug-likeness (QED) is 0.455. The van der Waals surface area contributed by atoms with Crippen LogP contribution in [-0.4, -0.2) is 36.9 Å². The van der Waals surface area contributed by atoms with Gasteiger partial charge in [-0.2, -0.15) is 0 Å². The minimum absolute atomic E-state index is 0.365. The molecule has 2 bridgehead atoms. The molecule has 3 atom stereocenters. The zero-order valence-electron chi connectivity index (χ0n) is 7.57. The van der Waals surface area contributed by atoms with Gasteiger partial charge in [0.15, 0.2) is 0 Å². The van der Waals surface area contributed by atoms with Gasteiger partial charge in [0.1, 0.15) is 6.10 Å². The minimum Gasteiger partial charge on any atom is -0.391 e. The van der Waals surface area contributed by atoms with Crippen molar-refractivity contribution < 1.29 is 4.84 Å². The topological polar surface area (TPSA) is 24.8 Å². The lowest BCUT2D eigenvalue weighted by atomic mass is 9.99. The number of hydrogen-bond acceptors (Lipinski definition) is 3. The van der Waals surface area contributed by atoms with Crippen molar-refractivity contribution in [2.75, 3.05) is 19.6 Å². The van der Waals surface area contributed by atoms with Crippen molar-refractivity contribution in [1.82, 2.24) is 4.90 Å². The molecule has 2 aliphatic heterocycles. The van der Waals surface area contributed by atoms with E-state index < -0.39 is 0 Å². The Hall–Kier alpha value is -0.570. The van der Waals surface area contributed by atoms with Crippen molar-refractivity contribution in [3.63, 3.8) is 0 Å². The van der Waals surface area contributed by atoms with Gasteiger partial charge in [-0.25, -0.2) is 0 Å². The van der Waals surface area contributed by atoms with Gasteiger partial charge in [0.05, 0.1) is 0 Å². The van der Waals surface area contributed by atoms with E-state index >= 15 is 0 Å². The van der Waals surface area contributed by atoms with Crippen molar-refractivity contribution in [3.05, 3.63) is 0 Å². The summed E-state index contributed by atoms with van der Waals surface area (Å²) in [5, 5.41) is 3.86. The third kappa shape index (κ3) is 1.46. The van der Waals surface area contributed by atoms with Gasteiger partial charge in [-0.3, -0.25) is 4.90 Å². The van der Waals surface area contributed by atoms with Crippen LogP contribution in [0.4, 0.5) is 0 Å². The minimum atomic E-state index is 0.365. The van der Waals surface area contributed by atoms with Crippen LogP contribution in [0, 0.1) is 5.92 Å². The smallest absolute Gasteiger partial charge is 0.144 e. The van der Waals surface area contributed by atoms with E-state index in [0.717, 1.165) is 12.5 Å². The molecule has 2 rings (SSSR count). The largest absolute Gasteiger partial charge is 0.391 e. The molecule has 0 aliphatic carbocycles. The van der Waals surface area contributed by atoms with Crippen molar-refractivity contribution in [3.8, 4) is 0 Å². The van der Waals surface area contributed by atoms with Crippen molar-refractivity contribution in [2.45, 2.75) is 25.9 Å². The van der Waals surface area contributed by atoms with Crippen LogP contribution in [0.1, 0.15) is 19.8 Å². The molecule has 0 radical (unpaired) electrons. The molecular formula is C9H16N2O. The molecule has 2 fully saturated rings. The average molecular weight is 168 g/mol. The van der Waals surface area contributed by atoms with Crippen LogP contribution in [0.15, 0.2) is 5.16 Å². The van der Waals surface area contributed by atoms with Crippen LogP contribution in [0.5, 0.6) is 0 Å². The fraction of sp³-hybridized carbons (Fsp3) is 0.889. The summed E-state index contributed by atoms with van der Waals surface area (Å²) in [7, 11) is 0. The molecule has 0 spiro atoms. The Labute approximate surface area is 73.4 Å². The molecule has 2 aliphatic rings. The van der Waals surface area contributed by atoms with Crippen molar-refractivity contribution in [2.24, 2.45) is 11.1 Å². The number of nitrogens with zero attached hydrogens (tertiary/aromatic N) is 2. The number of oxime groups is 1. The number of hydrogen-bond donors (Lipinski definition) is 0. The third-order valence-electron chi connectivity index (χ3n) is 2.81. The highest BCUT2D eigenvalue weighted by Gasteiger charge is 2.36. The van der Waals surface area contributed by atoms with E-state index in [0.29, 0.717) is 6.10 Å². The summed E-state index contributed by atoms with van der Waals surface area (Å²) in [5.74, 6) is 0.738. The lowest BCUT2D eigenvalue weighted by Gasteiger charge is -2.20. The summed E-state index contributed by atoms with van der Waals surface area (Å²) >= 11 is 0. The summed E-state index contributed by atoms with van der Waals surface area (Å²) in [6, 6.07) is 0. The van der Waals surface area contributed by atoms with E-state index in [2.05, 4.69) is 10.1 Å². The molecule has 0 amide bonds. The van der Waals surface area contributed by atoms with E-state index in [9.17, 15) is 0 Å². The molecular weight excluding hydrogens is 152 g/mol. The number of fused-ring (bicyclic) bond motifs is 2. The van der Waals surface area contributed by atoms with Gasteiger partial charge in [-0.1, -0.05) is 5.16 Å². The lowest BCUT2D eigenvalue weighted by Crippen LogP contribution is -2.25. The summed E-state index contributed by atoms with van der Waals surface area (Å²) < 4.78 is 0. The predicted octanol–water partition coefficient (Wildman–Crippen LogP) is 1.10. The van der Waals surface area contributed by atoms with Gasteiger partial charge in [-0.05, 0) is 26.3 Å². The second kappa shape index (κ2) is 3.44. The Morgan fingerprint density at radius 2 is 2.42 bits per heavy atom. The van der Waals surface area contributed by atoms with Gasteiger partial charge in [0.25, 0.3) is 0 Å². The first-order valence-electron chi connectivity index (χ1n) is 4.76. The van der Waals surface area contributed by atoms with Crippen LogP contribution in [0.2, 0.25) is 0 Å². The highest BCUT2D eigenvalue weighted by molar-refractivity contribution is 5.52. The van der Waals surface area contributed by atoms with Crippen LogP contribution in [0.25, 0.3) is 0 Å². The highest BCUT2D eigenvalue weighted by Crippen LogP contribution is 2.28. The van der Waals surface area contributed by atoms with Crippen molar-refractivity contribution in [1.29, 1.82) is 0 Å². The molecule has 2 saturated heterocycles.